The molecule has 7 heteroatoms. The number of phenolic OH excluding ortho intramolecular Hbond substituents is 1. The van der Waals surface area contributed by atoms with Crippen LogP contribution >= 0.6 is 0 Å². The molecule has 0 saturated carbocycles. The van der Waals surface area contributed by atoms with Crippen molar-refractivity contribution in [1.82, 2.24) is 5.32 Å². The highest BCUT2D eigenvalue weighted by molar-refractivity contribution is 6.08. The Morgan fingerprint density at radius 2 is 2.12 bits per heavy atom. The predicted octanol–water partition coefficient (Wildman–Crippen LogP) is 3.08. The van der Waals surface area contributed by atoms with Gasteiger partial charge in [0.05, 0.1) is 5.69 Å². The van der Waals surface area contributed by atoms with Gasteiger partial charge in [-0.15, -0.1) is 0 Å². The fourth-order valence-corrected chi connectivity index (χ4v) is 2.65. The van der Waals surface area contributed by atoms with Crippen molar-refractivity contribution < 1.29 is 23.5 Å². The zero-order valence-corrected chi connectivity index (χ0v) is 14.9. The highest BCUT2D eigenvalue weighted by Gasteiger charge is 2.41. The third-order valence-electron chi connectivity index (χ3n) is 4.52. The van der Waals surface area contributed by atoms with E-state index >= 15 is 0 Å². The Morgan fingerprint density at radius 3 is 2.73 bits per heavy atom. The zero-order valence-electron chi connectivity index (χ0n) is 14.9. The number of anilines is 1. The lowest BCUT2D eigenvalue weighted by atomic mass is 9.86. The highest BCUT2D eigenvalue weighted by atomic mass is 19.1. The molecule has 1 aliphatic rings. The molecule has 0 bridgehead atoms. The number of aromatic hydroxyl groups is 1. The second-order valence-electron chi connectivity index (χ2n) is 6.83. The van der Waals surface area contributed by atoms with Crippen LogP contribution in [-0.4, -0.2) is 29.1 Å². The van der Waals surface area contributed by atoms with Crippen LogP contribution in [0.25, 0.3) is 0 Å². The second kappa shape index (κ2) is 7.27. The van der Waals surface area contributed by atoms with Gasteiger partial charge in [0, 0.05) is 12.5 Å². The van der Waals surface area contributed by atoms with Crippen LogP contribution in [0, 0.1) is 17.7 Å². The predicted molar refractivity (Wildman–Crippen MR) is 94.8 cm³/mol. The lowest BCUT2D eigenvalue weighted by Gasteiger charge is -2.20. The third kappa shape index (κ3) is 4.09. The number of para-hydroxylation sites is 1. The second-order valence-corrected chi connectivity index (χ2v) is 6.83. The lowest BCUT2D eigenvalue weighted by molar-refractivity contribution is -0.130. The van der Waals surface area contributed by atoms with Crippen LogP contribution in [0.5, 0.6) is 5.75 Å². The molecule has 0 radical (unpaired) electrons. The number of benzene rings is 1. The number of carbonyl (C=O) groups is 2. The first-order chi connectivity index (χ1) is 12.0. The maximum atomic E-state index is 14.0. The van der Waals surface area contributed by atoms with E-state index in [4.69, 9.17) is 0 Å². The summed E-state index contributed by atoms with van der Waals surface area (Å²) < 4.78 is 27.4. The lowest BCUT2D eigenvalue weighted by Crippen LogP contribution is -2.33. The number of alkyl halides is 1. The third-order valence-corrected chi connectivity index (χ3v) is 4.52. The molecular weight excluding hydrogens is 342 g/mol. The van der Waals surface area contributed by atoms with Gasteiger partial charge in [0.25, 0.3) is 0 Å². The van der Waals surface area contributed by atoms with Crippen LogP contribution in [0.1, 0.15) is 20.8 Å². The first-order valence-electron chi connectivity index (χ1n) is 8.15. The van der Waals surface area contributed by atoms with E-state index in [2.05, 4.69) is 17.2 Å². The number of allylic oxidation sites excluding steroid dienone is 2. The SMILES string of the molecule is C=C(/C=C(\C)C(C)(C)F)[C@H]1CNC(=O)[C@@H]1C(=O)Nc1cccc(F)c1O. The fourth-order valence-electron chi connectivity index (χ4n) is 2.65. The molecule has 26 heavy (non-hydrogen) atoms. The van der Waals surface area contributed by atoms with Crippen LogP contribution in [0.2, 0.25) is 0 Å². The van der Waals surface area contributed by atoms with Gasteiger partial charge >= 0.3 is 0 Å². The molecule has 0 spiro atoms. The maximum absolute atomic E-state index is 14.0. The van der Waals surface area contributed by atoms with Gasteiger partial charge in [-0.25, -0.2) is 8.78 Å². The minimum absolute atomic E-state index is 0.129. The van der Waals surface area contributed by atoms with Crippen molar-refractivity contribution in [1.29, 1.82) is 0 Å². The van der Waals surface area contributed by atoms with E-state index in [1.807, 2.05) is 0 Å². The number of hydrogen-bond acceptors (Lipinski definition) is 3. The molecular formula is C19H22F2N2O3. The summed E-state index contributed by atoms with van der Waals surface area (Å²) in [6, 6.07) is 3.69. The van der Waals surface area contributed by atoms with Crippen molar-refractivity contribution in [3.05, 3.63) is 47.8 Å². The van der Waals surface area contributed by atoms with Crippen molar-refractivity contribution in [2.45, 2.75) is 26.4 Å². The van der Waals surface area contributed by atoms with Crippen LogP contribution in [0.3, 0.4) is 0 Å². The first-order valence-corrected chi connectivity index (χ1v) is 8.15. The Morgan fingerprint density at radius 1 is 1.46 bits per heavy atom. The molecule has 0 aliphatic carbocycles. The summed E-state index contributed by atoms with van der Waals surface area (Å²) >= 11 is 0. The molecule has 1 aliphatic heterocycles. The Hall–Kier alpha value is -2.70. The van der Waals surface area contributed by atoms with E-state index in [0.717, 1.165) is 6.07 Å². The van der Waals surface area contributed by atoms with Crippen LogP contribution < -0.4 is 10.6 Å². The average Bonchev–Trinajstić information content (AvgIpc) is 2.92. The fraction of sp³-hybridized carbons (Fsp3) is 0.368. The Balaban J connectivity index is 2.23. The molecule has 1 aromatic carbocycles. The van der Waals surface area contributed by atoms with Gasteiger partial charge in [0.1, 0.15) is 11.6 Å². The number of hydrogen-bond donors (Lipinski definition) is 3. The van der Waals surface area contributed by atoms with E-state index < -0.39 is 40.9 Å². The molecule has 2 amide bonds. The summed E-state index contributed by atoms with van der Waals surface area (Å²) in [4.78, 5) is 24.7. The standard InChI is InChI=1S/C19H22F2N2O3/c1-10(8-11(2)19(3,4)21)12-9-22-17(25)15(12)18(26)23-14-7-5-6-13(20)16(14)24/h5-8,12,15,24H,1,9H2,2-4H3,(H,22,25)(H,23,26)/b11-8+/t12-,15-/m1/s1. The van der Waals surface area contributed by atoms with Crippen LogP contribution in [0.15, 0.2) is 42.0 Å². The largest absolute Gasteiger partial charge is 0.503 e. The molecule has 3 N–H and O–H groups in total. The summed E-state index contributed by atoms with van der Waals surface area (Å²) in [5.74, 6) is -4.48. The number of rotatable bonds is 5. The Kier molecular flexibility index (Phi) is 5.49. The van der Waals surface area contributed by atoms with E-state index in [0.29, 0.717) is 11.1 Å². The maximum Gasteiger partial charge on any atom is 0.237 e. The normalized spacial score (nSPS) is 20.7. The summed E-state index contributed by atoms with van der Waals surface area (Å²) in [5, 5.41) is 14.6. The van der Waals surface area contributed by atoms with Crippen molar-refractivity contribution >= 4 is 17.5 Å². The number of amides is 2. The van der Waals surface area contributed by atoms with Crippen molar-refractivity contribution in [3.8, 4) is 5.75 Å². The van der Waals surface area contributed by atoms with Crippen molar-refractivity contribution in [3.63, 3.8) is 0 Å². The Labute approximate surface area is 150 Å². The van der Waals surface area contributed by atoms with Gasteiger partial charge in [-0.3, -0.25) is 9.59 Å². The molecule has 140 valence electrons. The van der Waals surface area contributed by atoms with E-state index in [-0.39, 0.29) is 12.2 Å². The van der Waals surface area contributed by atoms with Gasteiger partial charge in [-0.1, -0.05) is 18.7 Å². The molecule has 5 nitrogen and oxygen atoms in total. The molecule has 1 saturated heterocycles. The molecule has 1 fully saturated rings. The molecule has 2 atom stereocenters. The minimum Gasteiger partial charge on any atom is -0.503 e. The quantitative estimate of drug-likeness (QED) is 0.427. The summed E-state index contributed by atoms with van der Waals surface area (Å²) in [7, 11) is 0. The molecule has 1 aromatic rings. The first kappa shape index (κ1) is 19.6. The summed E-state index contributed by atoms with van der Waals surface area (Å²) in [6.07, 6.45) is 1.53. The monoisotopic (exact) mass is 364 g/mol. The zero-order chi connectivity index (χ0) is 19.6. The topological polar surface area (TPSA) is 78.4 Å². The van der Waals surface area contributed by atoms with Gasteiger partial charge < -0.3 is 15.7 Å². The minimum atomic E-state index is -1.55. The van der Waals surface area contributed by atoms with Crippen LogP contribution in [-0.2, 0) is 9.59 Å². The van der Waals surface area contributed by atoms with Crippen molar-refractivity contribution in [2.24, 2.45) is 11.8 Å². The Bertz CT molecular complexity index is 781. The number of carbonyl (C=O) groups excluding carboxylic acids is 2. The molecule has 0 unspecified atom stereocenters. The van der Waals surface area contributed by atoms with E-state index in [9.17, 15) is 23.5 Å². The summed E-state index contributed by atoms with van der Waals surface area (Å²) in [6.45, 7) is 8.47. The van der Waals surface area contributed by atoms with Gasteiger partial charge in [-0.2, -0.15) is 0 Å². The summed E-state index contributed by atoms with van der Waals surface area (Å²) in [5.41, 5.74) is -0.820. The number of halogens is 2. The number of phenols is 1. The van der Waals surface area contributed by atoms with Crippen molar-refractivity contribution in [2.75, 3.05) is 11.9 Å². The van der Waals surface area contributed by atoms with Gasteiger partial charge in [-0.05, 0) is 44.1 Å². The molecule has 2 rings (SSSR count). The average molecular weight is 364 g/mol. The highest BCUT2D eigenvalue weighted by Crippen LogP contribution is 2.32. The van der Waals surface area contributed by atoms with E-state index in [1.165, 1.54) is 32.1 Å². The van der Waals surface area contributed by atoms with E-state index in [1.54, 1.807) is 6.92 Å². The smallest absolute Gasteiger partial charge is 0.237 e. The van der Waals surface area contributed by atoms with Crippen LogP contribution in [0.4, 0.5) is 14.5 Å². The number of nitrogens with one attached hydrogen (secondary N) is 2. The van der Waals surface area contributed by atoms with Gasteiger partial charge in [0.2, 0.25) is 11.8 Å². The molecule has 1 heterocycles. The van der Waals surface area contributed by atoms with Gasteiger partial charge in [0.15, 0.2) is 11.6 Å². The molecule has 0 aromatic heterocycles.